The lowest BCUT2D eigenvalue weighted by Gasteiger charge is -2.41. The second-order valence-corrected chi connectivity index (χ2v) is 32.5. The van der Waals surface area contributed by atoms with E-state index in [1.807, 2.05) is 0 Å². The molecule has 0 bridgehead atoms. The van der Waals surface area contributed by atoms with E-state index in [1.165, 1.54) is 39.3 Å². The molecule has 0 fully saturated rings. The van der Waals surface area contributed by atoms with Crippen molar-refractivity contribution in [2.24, 2.45) is 0 Å². The van der Waals surface area contributed by atoms with Gasteiger partial charge in [0.1, 0.15) is 0 Å². The fourth-order valence-electron chi connectivity index (χ4n) is 5.81. The molecular weight excluding hydrogens is 1190 g/mol. The van der Waals surface area contributed by atoms with Gasteiger partial charge in [0.25, 0.3) is 0 Å². The minimum absolute atomic E-state index is 0.00770. The van der Waals surface area contributed by atoms with Gasteiger partial charge in [-0.3, -0.25) is 0 Å². The molecule has 0 amide bonds. The van der Waals surface area contributed by atoms with Gasteiger partial charge < -0.3 is 0 Å². The minimum atomic E-state index is -8.62. The average molecular weight is 1210 g/mol. The molecular formula is C36H24F30S4Si2. The van der Waals surface area contributed by atoms with Crippen molar-refractivity contribution in [2.45, 2.75) is 123 Å². The SMILES string of the molecule is C[Si](C)(C)c1cc(C(F)(F)C(F)(F)C(F)(F)C(F)(F)C(F)(F)C(F)(F)C(F)(F)F)c(-c2ccc(-c3ccc(-c4sc([Si](C)(C)C)cc4C(F)(F)C(F)(F)C(F)(F)C(F)(F)C(F)(F)C(F)(F)C(F)(F)F)s3)s2)s1. The van der Waals surface area contributed by atoms with Crippen LogP contribution >= 0.6 is 45.3 Å². The molecule has 0 saturated carbocycles. The van der Waals surface area contributed by atoms with Gasteiger partial charge in [0, 0.05) is 30.6 Å². The predicted octanol–water partition coefficient (Wildman–Crippen LogP) is 17.7. The molecule has 0 nitrogen and oxygen atoms in total. The molecule has 36 heteroatoms. The van der Waals surface area contributed by atoms with Crippen LogP contribution in [0.3, 0.4) is 0 Å². The Bertz CT molecular complexity index is 2450. The van der Waals surface area contributed by atoms with Gasteiger partial charge in [-0.1, -0.05) is 39.3 Å². The lowest BCUT2D eigenvalue weighted by atomic mass is 9.88. The largest absolute Gasteiger partial charge is 0.460 e. The van der Waals surface area contributed by atoms with Gasteiger partial charge in [-0.2, -0.15) is 132 Å². The van der Waals surface area contributed by atoms with Crippen LogP contribution in [0.5, 0.6) is 0 Å². The quantitative estimate of drug-likeness (QED) is 0.0730. The Labute approximate surface area is 400 Å². The Hall–Kier alpha value is -2.87. The highest BCUT2D eigenvalue weighted by Gasteiger charge is 2.95. The van der Waals surface area contributed by atoms with E-state index in [1.54, 1.807) is 0 Å². The van der Waals surface area contributed by atoms with E-state index in [4.69, 9.17) is 0 Å². The Morgan fingerprint density at radius 1 is 0.278 bits per heavy atom. The first kappa shape index (κ1) is 61.7. The van der Waals surface area contributed by atoms with E-state index in [9.17, 15) is 96.6 Å². The molecule has 0 aliphatic rings. The summed E-state index contributed by atoms with van der Waals surface area (Å²) in [6.07, 6.45) is -15.7. The normalized spacial score (nSPS) is 15.8. The Kier molecular flexibility index (Phi) is 14.8. The highest BCUT2D eigenvalue weighted by molar-refractivity contribution is 7.33. The highest BCUT2D eigenvalue weighted by atomic mass is 32.1. The summed E-state index contributed by atoms with van der Waals surface area (Å²) in [4.78, 5) is -5.04. The number of rotatable bonds is 17. The van der Waals surface area contributed by atoms with Gasteiger partial charge >= 0.3 is 83.4 Å². The topological polar surface area (TPSA) is 0 Å². The van der Waals surface area contributed by atoms with Crippen molar-refractivity contribution in [2.75, 3.05) is 0 Å². The molecule has 4 rings (SSSR count). The lowest BCUT2D eigenvalue weighted by molar-refractivity contribution is -0.453. The Balaban J connectivity index is 1.90. The molecule has 0 aliphatic carbocycles. The average Bonchev–Trinajstić information content (AvgIpc) is 4.01. The summed E-state index contributed by atoms with van der Waals surface area (Å²) < 4.78 is 426. The van der Waals surface area contributed by atoms with Gasteiger partial charge in [-0.25, -0.2) is 0 Å². The van der Waals surface area contributed by atoms with Crippen LogP contribution in [-0.4, -0.2) is 87.7 Å². The summed E-state index contributed by atoms with van der Waals surface area (Å²) in [5, 5.41) is 0. The van der Waals surface area contributed by atoms with Crippen molar-refractivity contribution in [1.29, 1.82) is 0 Å². The molecule has 0 aromatic carbocycles. The Morgan fingerprint density at radius 2 is 0.486 bits per heavy atom. The summed E-state index contributed by atoms with van der Waals surface area (Å²) in [7, 11) is -6.41. The van der Waals surface area contributed by atoms with E-state index in [0.29, 0.717) is 12.1 Å². The van der Waals surface area contributed by atoms with Crippen molar-refractivity contribution in [3.63, 3.8) is 0 Å². The molecule has 0 radical (unpaired) electrons. The summed E-state index contributed by atoms with van der Waals surface area (Å²) in [5.41, 5.74) is -4.85. The molecule has 0 N–H and O–H groups in total. The Morgan fingerprint density at radius 3 is 0.708 bits per heavy atom. The molecule has 410 valence electrons. The lowest BCUT2D eigenvalue weighted by Crippen LogP contribution is -2.72. The number of thiophene rings is 4. The molecule has 4 aromatic rings. The molecule has 4 heterocycles. The fourth-order valence-corrected chi connectivity index (χ4v) is 14.3. The van der Waals surface area contributed by atoms with Crippen LogP contribution in [0.25, 0.3) is 29.3 Å². The third kappa shape index (κ3) is 8.75. The third-order valence-corrected chi connectivity index (χ3v) is 22.3. The second-order valence-electron chi connectivity index (χ2n) is 17.4. The molecule has 0 atom stereocenters. The number of alkyl halides is 30. The van der Waals surface area contributed by atoms with E-state index in [-0.39, 0.29) is 57.5 Å². The smallest absolute Gasteiger partial charge is 0.194 e. The van der Waals surface area contributed by atoms with Gasteiger partial charge in [-0.05, 0) is 45.4 Å². The van der Waals surface area contributed by atoms with E-state index in [0.717, 1.165) is 12.1 Å². The van der Waals surface area contributed by atoms with Crippen molar-refractivity contribution in [3.05, 3.63) is 47.5 Å². The number of hydrogen-bond donors (Lipinski definition) is 0. The zero-order valence-corrected chi connectivity index (χ0v) is 40.7. The van der Waals surface area contributed by atoms with Crippen molar-refractivity contribution in [3.8, 4) is 29.3 Å². The first-order valence-electron chi connectivity index (χ1n) is 18.5. The van der Waals surface area contributed by atoms with Crippen LogP contribution in [0.1, 0.15) is 11.1 Å². The minimum Gasteiger partial charge on any atom is -0.194 e. The molecule has 72 heavy (non-hydrogen) atoms. The highest BCUT2D eigenvalue weighted by Crippen LogP contribution is 2.67. The maximum atomic E-state index is 15.8. The summed E-state index contributed by atoms with van der Waals surface area (Å²) in [6, 6.07) is 2.86. The van der Waals surface area contributed by atoms with Gasteiger partial charge in [0.05, 0.1) is 25.9 Å². The molecule has 0 unspecified atom stereocenters. The van der Waals surface area contributed by atoms with E-state index < -0.39 is 149 Å². The van der Waals surface area contributed by atoms with E-state index in [2.05, 4.69) is 0 Å². The maximum absolute atomic E-state index is 15.8. The first-order chi connectivity index (χ1) is 31.4. The maximum Gasteiger partial charge on any atom is 0.460 e. The van der Waals surface area contributed by atoms with Crippen LogP contribution in [0.15, 0.2) is 36.4 Å². The van der Waals surface area contributed by atoms with Gasteiger partial charge in [0.15, 0.2) is 0 Å². The van der Waals surface area contributed by atoms with Crippen LogP contribution in [0, 0.1) is 0 Å². The van der Waals surface area contributed by atoms with Crippen molar-refractivity contribution < 1.29 is 132 Å². The monoisotopic (exact) mass is 1210 g/mol. The van der Waals surface area contributed by atoms with E-state index >= 15 is 35.1 Å². The first-order valence-corrected chi connectivity index (χ1v) is 28.8. The molecule has 0 saturated heterocycles. The summed E-state index contributed by atoms with van der Waals surface area (Å²) in [6.45, 7) is 7.57. The molecule has 0 aliphatic heterocycles. The zero-order valence-electron chi connectivity index (χ0n) is 35.4. The summed E-state index contributed by atoms with van der Waals surface area (Å²) in [5.74, 6) is -97.5. The summed E-state index contributed by atoms with van der Waals surface area (Å²) >= 11 is 0.252. The van der Waals surface area contributed by atoms with Crippen molar-refractivity contribution in [1.82, 2.24) is 0 Å². The zero-order chi connectivity index (χ0) is 56.8. The third-order valence-electron chi connectivity index (χ3n) is 10.2. The van der Waals surface area contributed by atoms with Gasteiger partial charge in [-0.15, -0.1) is 45.3 Å². The van der Waals surface area contributed by atoms with Crippen LogP contribution in [0.4, 0.5) is 132 Å². The van der Waals surface area contributed by atoms with Crippen LogP contribution in [-0.2, 0) is 11.8 Å². The number of halogens is 30. The van der Waals surface area contributed by atoms with Crippen LogP contribution in [0.2, 0.25) is 39.3 Å². The standard InChI is InChI=1S/C36H24F30S4Si2/c1-71(2,3)19-11-13(23(37,38)25(41,42)27(45,46)29(49,50)31(53,54)33(57,58)35(61,62)63)21(69-19)17-9-7-15(67-17)16-8-10-18(68-16)22-14(12-20(70-22)72(4,5)6)24(39,40)26(43,44)28(47,48)30(51,52)32(55,56)34(59,60)36(64,65)66/h7-12H,1-6H3. The van der Waals surface area contributed by atoms with Gasteiger partial charge in [0.2, 0.25) is 0 Å². The van der Waals surface area contributed by atoms with Crippen molar-refractivity contribution >= 4 is 70.5 Å². The van der Waals surface area contributed by atoms with Crippen LogP contribution < -0.4 is 9.00 Å². The predicted molar refractivity (Wildman–Crippen MR) is 210 cm³/mol. The molecule has 4 aromatic heterocycles. The molecule has 0 spiro atoms. The fraction of sp³-hybridized carbons (Fsp3) is 0.556. The number of hydrogen-bond acceptors (Lipinski definition) is 4. The second kappa shape index (κ2) is 17.3.